The first kappa shape index (κ1) is 13.8. The van der Waals surface area contributed by atoms with Crippen LogP contribution in [0.25, 0.3) is 0 Å². The lowest BCUT2D eigenvalue weighted by molar-refractivity contribution is -0.117. The molecule has 1 aliphatic heterocycles. The van der Waals surface area contributed by atoms with Crippen LogP contribution >= 0.6 is 0 Å². The summed E-state index contributed by atoms with van der Waals surface area (Å²) in [5.41, 5.74) is 6.36. The van der Waals surface area contributed by atoms with E-state index >= 15 is 0 Å². The number of nitrogens with two attached hydrogens (primary N) is 1. The number of likely N-dealkylation sites (tertiary alicyclic amines) is 1. The molecule has 1 aromatic rings. The molecule has 1 aromatic carbocycles. The second kappa shape index (κ2) is 6.54. The first-order chi connectivity index (χ1) is 9.22. The van der Waals surface area contributed by atoms with E-state index in [1.807, 2.05) is 24.3 Å². The summed E-state index contributed by atoms with van der Waals surface area (Å²) >= 11 is 0. The van der Waals surface area contributed by atoms with E-state index in [0.29, 0.717) is 30.4 Å². The number of para-hydroxylation sites is 2. The summed E-state index contributed by atoms with van der Waals surface area (Å²) < 4.78 is 5.21. The molecule has 0 saturated carbocycles. The molecule has 1 fully saturated rings. The molecule has 1 heterocycles. The highest BCUT2D eigenvalue weighted by atomic mass is 16.5. The molecule has 19 heavy (non-hydrogen) atoms. The van der Waals surface area contributed by atoms with Gasteiger partial charge in [0.1, 0.15) is 5.75 Å². The Morgan fingerprint density at radius 3 is 3.00 bits per heavy atom. The van der Waals surface area contributed by atoms with E-state index in [4.69, 9.17) is 10.5 Å². The monoisotopic (exact) mass is 263 g/mol. The van der Waals surface area contributed by atoms with E-state index < -0.39 is 0 Å². The summed E-state index contributed by atoms with van der Waals surface area (Å²) in [6, 6.07) is 7.42. The summed E-state index contributed by atoms with van der Waals surface area (Å²) in [6.07, 6.45) is 1.08. The number of hydrogen-bond acceptors (Lipinski definition) is 4. The Labute approximate surface area is 113 Å². The van der Waals surface area contributed by atoms with Crippen LogP contribution in [0.2, 0.25) is 0 Å². The molecule has 2 rings (SSSR count). The average Bonchev–Trinajstić information content (AvgIpc) is 2.87. The van der Waals surface area contributed by atoms with Gasteiger partial charge in [0.2, 0.25) is 5.91 Å². The molecule has 0 unspecified atom stereocenters. The van der Waals surface area contributed by atoms with Crippen molar-refractivity contribution in [3.8, 4) is 5.75 Å². The Bertz CT molecular complexity index is 436. The third-order valence-electron chi connectivity index (χ3n) is 3.45. The van der Waals surface area contributed by atoms with Crippen LogP contribution in [0.3, 0.4) is 0 Å². The van der Waals surface area contributed by atoms with Gasteiger partial charge in [0.05, 0.1) is 19.3 Å². The van der Waals surface area contributed by atoms with Crippen LogP contribution < -0.4 is 15.8 Å². The number of ether oxygens (including phenoxy) is 1. The van der Waals surface area contributed by atoms with E-state index in [0.717, 1.165) is 19.5 Å². The van der Waals surface area contributed by atoms with Crippen LogP contribution in [0.15, 0.2) is 24.3 Å². The van der Waals surface area contributed by atoms with Crippen LogP contribution in [-0.2, 0) is 4.79 Å². The van der Waals surface area contributed by atoms with Crippen LogP contribution in [-0.4, -0.2) is 44.1 Å². The summed E-state index contributed by atoms with van der Waals surface area (Å²) in [5.74, 6) is 1.19. The molecule has 1 amide bonds. The van der Waals surface area contributed by atoms with Gasteiger partial charge >= 0.3 is 0 Å². The number of carbonyl (C=O) groups excluding carboxylic acids is 1. The molecule has 5 nitrogen and oxygen atoms in total. The van der Waals surface area contributed by atoms with E-state index in [-0.39, 0.29) is 5.91 Å². The average molecular weight is 263 g/mol. The van der Waals surface area contributed by atoms with Crippen molar-refractivity contribution < 1.29 is 9.53 Å². The lowest BCUT2D eigenvalue weighted by atomic mass is 10.1. The Balaban J connectivity index is 1.87. The zero-order valence-electron chi connectivity index (χ0n) is 11.3. The van der Waals surface area contributed by atoms with Crippen LogP contribution in [0.4, 0.5) is 5.69 Å². The topological polar surface area (TPSA) is 67.6 Å². The number of amides is 1. The maximum Gasteiger partial charge on any atom is 0.238 e. The number of carbonyl (C=O) groups is 1. The van der Waals surface area contributed by atoms with Gasteiger partial charge in [-0.25, -0.2) is 0 Å². The lowest BCUT2D eigenvalue weighted by Gasteiger charge is -2.16. The quantitative estimate of drug-likeness (QED) is 0.829. The van der Waals surface area contributed by atoms with Gasteiger partial charge in [-0.05, 0) is 37.6 Å². The summed E-state index contributed by atoms with van der Waals surface area (Å²) in [4.78, 5) is 14.1. The van der Waals surface area contributed by atoms with Gasteiger partial charge in [-0.1, -0.05) is 12.1 Å². The zero-order chi connectivity index (χ0) is 13.7. The van der Waals surface area contributed by atoms with Gasteiger partial charge in [-0.2, -0.15) is 0 Å². The third-order valence-corrected chi connectivity index (χ3v) is 3.45. The number of nitrogens with zero attached hydrogens (tertiary/aromatic N) is 1. The Morgan fingerprint density at radius 1 is 1.53 bits per heavy atom. The first-order valence-corrected chi connectivity index (χ1v) is 6.58. The molecular formula is C14H21N3O2. The van der Waals surface area contributed by atoms with Crippen molar-refractivity contribution in [1.29, 1.82) is 0 Å². The maximum absolute atomic E-state index is 12.0. The number of methoxy groups -OCH3 is 1. The predicted molar refractivity (Wildman–Crippen MR) is 75.2 cm³/mol. The number of nitrogens with one attached hydrogen (secondary N) is 1. The van der Waals surface area contributed by atoms with Gasteiger partial charge < -0.3 is 15.8 Å². The van der Waals surface area contributed by atoms with Crippen molar-refractivity contribution in [2.75, 3.05) is 38.6 Å². The van der Waals surface area contributed by atoms with E-state index in [1.54, 1.807) is 7.11 Å². The molecule has 1 aliphatic rings. The van der Waals surface area contributed by atoms with Gasteiger partial charge in [0, 0.05) is 6.54 Å². The third kappa shape index (κ3) is 3.68. The fraction of sp³-hybridized carbons (Fsp3) is 0.500. The van der Waals surface area contributed by atoms with Gasteiger partial charge in [0.15, 0.2) is 0 Å². The smallest absolute Gasteiger partial charge is 0.238 e. The number of benzene rings is 1. The van der Waals surface area contributed by atoms with E-state index in [1.165, 1.54) is 0 Å². The van der Waals surface area contributed by atoms with Crippen molar-refractivity contribution >= 4 is 11.6 Å². The normalized spacial score (nSPS) is 19.4. The highest BCUT2D eigenvalue weighted by Gasteiger charge is 2.23. The first-order valence-electron chi connectivity index (χ1n) is 6.58. The predicted octanol–water partition coefficient (Wildman–Crippen LogP) is 0.914. The second-order valence-electron chi connectivity index (χ2n) is 4.87. The minimum atomic E-state index is -0.0119. The van der Waals surface area contributed by atoms with Gasteiger partial charge in [-0.15, -0.1) is 0 Å². The molecule has 0 aromatic heterocycles. The SMILES string of the molecule is COc1ccccc1NC(=O)CN1CC[C@@H](CN)C1. The highest BCUT2D eigenvalue weighted by Crippen LogP contribution is 2.23. The van der Waals surface area contributed by atoms with Crippen molar-refractivity contribution in [1.82, 2.24) is 4.90 Å². The Morgan fingerprint density at radius 2 is 2.32 bits per heavy atom. The molecule has 5 heteroatoms. The fourth-order valence-corrected chi connectivity index (χ4v) is 2.39. The van der Waals surface area contributed by atoms with E-state index in [2.05, 4.69) is 10.2 Å². The standard InChI is InChI=1S/C14H21N3O2/c1-19-13-5-3-2-4-12(13)16-14(18)10-17-7-6-11(8-15)9-17/h2-5,11H,6-10,15H2,1H3,(H,16,18)/t11-/m0/s1. The Hall–Kier alpha value is -1.59. The Kier molecular flexibility index (Phi) is 4.76. The van der Waals surface area contributed by atoms with Crippen molar-refractivity contribution in [3.63, 3.8) is 0 Å². The summed E-state index contributed by atoms with van der Waals surface area (Å²) in [6.45, 7) is 2.97. The number of anilines is 1. The molecule has 1 saturated heterocycles. The van der Waals surface area contributed by atoms with Crippen molar-refractivity contribution in [2.45, 2.75) is 6.42 Å². The van der Waals surface area contributed by atoms with Crippen LogP contribution in [0.1, 0.15) is 6.42 Å². The molecule has 0 bridgehead atoms. The van der Waals surface area contributed by atoms with Crippen molar-refractivity contribution in [3.05, 3.63) is 24.3 Å². The fourth-order valence-electron chi connectivity index (χ4n) is 2.39. The van der Waals surface area contributed by atoms with Crippen LogP contribution in [0, 0.1) is 5.92 Å². The molecule has 0 spiro atoms. The maximum atomic E-state index is 12.0. The minimum absolute atomic E-state index is 0.0119. The highest BCUT2D eigenvalue weighted by molar-refractivity contribution is 5.93. The number of hydrogen-bond donors (Lipinski definition) is 2. The molecule has 1 atom stereocenters. The van der Waals surface area contributed by atoms with Gasteiger partial charge in [0.25, 0.3) is 0 Å². The second-order valence-corrected chi connectivity index (χ2v) is 4.87. The number of rotatable bonds is 5. The lowest BCUT2D eigenvalue weighted by Crippen LogP contribution is -2.32. The van der Waals surface area contributed by atoms with Gasteiger partial charge in [-0.3, -0.25) is 9.69 Å². The summed E-state index contributed by atoms with van der Waals surface area (Å²) in [7, 11) is 1.59. The molecule has 3 N–H and O–H groups in total. The minimum Gasteiger partial charge on any atom is -0.495 e. The zero-order valence-corrected chi connectivity index (χ0v) is 11.3. The van der Waals surface area contributed by atoms with Crippen LogP contribution in [0.5, 0.6) is 5.75 Å². The molecule has 104 valence electrons. The van der Waals surface area contributed by atoms with Crippen molar-refractivity contribution in [2.24, 2.45) is 11.7 Å². The molecular weight excluding hydrogens is 242 g/mol. The molecule has 0 radical (unpaired) electrons. The van der Waals surface area contributed by atoms with E-state index in [9.17, 15) is 4.79 Å². The molecule has 0 aliphatic carbocycles. The largest absolute Gasteiger partial charge is 0.495 e. The summed E-state index contributed by atoms with van der Waals surface area (Å²) in [5, 5.41) is 2.88.